The summed E-state index contributed by atoms with van der Waals surface area (Å²) in [5.74, 6) is 0. The molecule has 0 aliphatic heterocycles. The normalized spacial score (nSPS) is 12.2. The van der Waals surface area contributed by atoms with E-state index in [1.54, 1.807) is 0 Å². The standard InChI is InChI=1S/C73H50/c1-5-21-51(22-6-1)61-43-62(52-23-7-2-8-24-52)46-65(45-61)57-31-17-29-55(41-57)59-33-19-35-67(49-59)73(71-39-15-13-37-69(71)70-38-14-16-40-72(70)73)68-36-20-34-60(50-68)56-30-18-32-58(42-56)66-47-63(53-25-9-3-10-26-53)44-64(48-66)54-27-11-4-12-28-54/h1-50H. The predicted molar refractivity (Wildman–Crippen MR) is 307 cm³/mol. The van der Waals surface area contributed by atoms with Crippen molar-refractivity contribution in [2.75, 3.05) is 0 Å². The second-order valence-corrected chi connectivity index (χ2v) is 19.2. The Kier molecular flexibility index (Phi) is 11.2. The van der Waals surface area contributed by atoms with Gasteiger partial charge in [-0.2, -0.15) is 0 Å². The van der Waals surface area contributed by atoms with Crippen LogP contribution < -0.4 is 0 Å². The van der Waals surface area contributed by atoms with Crippen LogP contribution in [0.25, 0.3) is 100 Å². The second-order valence-electron chi connectivity index (χ2n) is 19.2. The van der Waals surface area contributed by atoms with E-state index in [9.17, 15) is 0 Å². The average molecular weight is 927 g/mol. The van der Waals surface area contributed by atoms with E-state index in [1.807, 2.05) is 0 Å². The van der Waals surface area contributed by atoms with E-state index in [0.29, 0.717) is 0 Å². The third-order valence-electron chi connectivity index (χ3n) is 14.9. The van der Waals surface area contributed by atoms with Crippen LogP contribution in [-0.2, 0) is 5.41 Å². The van der Waals surface area contributed by atoms with Crippen LogP contribution in [0.4, 0.5) is 0 Å². The summed E-state index contributed by atoms with van der Waals surface area (Å²) in [6.07, 6.45) is 0. The van der Waals surface area contributed by atoms with E-state index < -0.39 is 5.41 Å². The molecule has 12 aromatic carbocycles. The largest absolute Gasteiger partial charge is 0.0713 e. The van der Waals surface area contributed by atoms with Gasteiger partial charge in [0.1, 0.15) is 0 Å². The van der Waals surface area contributed by atoms with Crippen LogP contribution in [0.2, 0.25) is 0 Å². The molecule has 13 rings (SSSR count). The molecular formula is C73H50. The van der Waals surface area contributed by atoms with Crippen molar-refractivity contribution in [3.05, 3.63) is 326 Å². The Bertz CT molecular complexity index is 3570. The van der Waals surface area contributed by atoms with Crippen LogP contribution in [0.3, 0.4) is 0 Å². The van der Waals surface area contributed by atoms with Crippen molar-refractivity contribution in [3.63, 3.8) is 0 Å². The minimum absolute atomic E-state index is 0.586. The molecule has 0 aromatic heterocycles. The van der Waals surface area contributed by atoms with Gasteiger partial charge in [-0.3, -0.25) is 0 Å². The first-order valence-electron chi connectivity index (χ1n) is 25.3. The Balaban J connectivity index is 0.936. The summed E-state index contributed by atoms with van der Waals surface area (Å²) < 4.78 is 0. The minimum atomic E-state index is -0.586. The molecule has 0 saturated carbocycles. The van der Waals surface area contributed by atoms with E-state index in [2.05, 4.69) is 303 Å². The zero-order chi connectivity index (χ0) is 48.6. The first-order chi connectivity index (χ1) is 36.2. The number of hydrogen-bond donors (Lipinski definition) is 0. The number of hydrogen-bond acceptors (Lipinski definition) is 0. The highest BCUT2D eigenvalue weighted by Gasteiger charge is 2.46. The monoisotopic (exact) mass is 926 g/mol. The zero-order valence-electron chi connectivity index (χ0n) is 40.4. The van der Waals surface area contributed by atoms with Gasteiger partial charge in [0.25, 0.3) is 0 Å². The van der Waals surface area contributed by atoms with Gasteiger partial charge >= 0.3 is 0 Å². The first-order valence-corrected chi connectivity index (χ1v) is 25.3. The third kappa shape index (κ3) is 8.10. The van der Waals surface area contributed by atoms with Gasteiger partial charge in [0.2, 0.25) is 0 Å². The van der Waals surface area contributed by atoms with Gasteiger partial charge in [0.15, 0.2) is 0 Å². The quantitative estimate of drug-likeness (QED) is 0.128. The molecule has 0 radical (unpaired) electrons. The second kappa shape index (κ2) is 18.8. The maximum Gasteiger partial charge on any atom is 0.0713 e. The predicted octanol–water partition coefficient (Wildman–Crippen LogP) is 19.4. The summed E-state index contributed by atoms with van der Waals surface area (Å²) in [7, 11) is 0. The molecule has 12 aromatic rings. The van der Waals surface area contributed by atoms with Gasteiger partial charge in [-0.15, -0.1) is 0 Å². The fourth-order valence-electron chi connectivity index (χ4n) is 11.4. The van der Waals surface area contributed by atoms with Crippen molar-refractivity contribution in [2.24, 2.45) is 0 Å². The Morgan fingerprint density at radius 2 is 0.370 bits per heavy atom. The van der Waals surface area contributed by atoms with Gasteiger partial charge in [0, 0.05) is 0 Å². The topological polar surface area (TPSA) is 0 Å². The minimum Gasteiger partial charge on any atom is -0.0622 e. The van der Waals surface area contributed by atoms with Crippen LogP contribution in [0.15, 0.2) is 303 Å². The molecule has 0 atom stereocenters. The van der Waals surface area contributed by atoms with E-state index in [0.717, 1.165) is 0 Å². The van der Waals surface area contributed by atoms with Crippen molar-refractivity contribution in [2.45, 2.75) is 5.41 Å². The van der Waals surface area contributed by atoms with Crippen LogP contribution in [0, 0.1) is 0 Å². The molecule has 0 N–H and O–H groups in total. The van der Waals surface area contributed by atoms with Crippen molar-refractivity contribution >= 4 is 0 Å². The van der Waals surface area contributed by atoms with E-state index in [-0.39, 0.29) is 0 Å². The molecule has 0 nitrogen and oxygen atoms in total. The molecule has 0 fully saturated rings. The molecule has 73 heavy (non-hydrogen) atoms. The van der Waals surface area contributed by atoms with Crippen LogP contribution in [0.5, 0.6) is 0 Å². The van der Waals surface area contributed by atoms with Crippen LogP contribution >= 0.6 is 0 Å². The van der Waals surface area contributed by atoms with Gasteiger partial charge in [0.05, 0.1) is 5.41 Å². The fourth-order valence-corrected chi connectivity index (χ4v) is 11.4. The van der Waals surface area contributed by atoms with Gasteiger partial charge in [-0.1, -0.05) is 243 Å². The molecule has 342 valence electrons. The lowest BCUT2D eigenvalue weighted by Crippen LogP contribution is -2.28. The zero-order valence-corrected chi connectivity index (χ0v) is 40.4. The third-order valence-corrected chi connectivity index (χ3v) is 14.9. The fraction of sp³-hybridized carbons (Fsp3) is 0.0137. The SMILES string of the molecule is c1ccc(-c2cc(-c3ccccc3)cc(-c3cccc(-c4cccc(C5(c6cccc(-c7cccc(-c8cc(-c9ccccc9)cc(-c9ccccc9)c8)c7)c6)c6ccccc6-c6ccccc65)c4)c3)c2)cc1. The molecular weight excluding hydrogens is 877 g/mol. The van der Waals surface area contributed by atoms with Gasteiger partial charge < -0.3 is 0 Å². The van der Waals surface area contributed by atoms with Crippen LogP contribution in [-0.4, -0.2) is 0 Å². The Morgan fingerprint density at radius 3 is 0.699 bits per heavy atom. The van der Waals surface area contributed by atoms with Crippen molar-refractivity contribution in [1.29, 1.82) is 0 Å². The van der Waals surface area contributed by atoms with Crippen molar-refractivity contribution < 1.29 is 0 Å². The van der Waals surface area contributed by atoms with E-state index in [1.165, 1.54) is 122 Å². The lowest BCUT2D eigenvalue weighted by Gasteiger charge is -2.34. The Labute approximate surface area is 428 Å². The van der Waals surface area contributed by atoms with Gasteiger partial charge in [-0.05, 0) is 183 Å². The van der Waals surface area contributed by atoms with E-state index in [4.69, 9.17) is 0 Å². The molecule has 0 amide bonds. The molecule has 0 heterocycles. The molecule has 1 aliphatic rings. The number of rotatable bonds is 10. The summed E-state index contributed by atoms with van der Waals surface area (Å²) in [5, 5.41) is 0. The maximum absolute atomic E-state index is 2.45. The van der Waals surface area contributed by atoms with E-state index >= 15 is 0 Å². The molecule has 0 bridgehead atoms. The molecule has 0 spiro atoms. The smallest absolute Gasteiger partial charge is 0.0622 e. The van der Waals surface area contributed by atoms with Crippen LogP contribution in [0.1, 0.15) is 22.3 Å². The molecule has 0 unspecified atom stereocenters. The highest BCUT2D eigenvalue weighted by atomic mass is 14.5. The average Bonchev–Trinajstić information content (AvgIpc) is 3.80. The molecule has 1 aliphatic carbocycles. The summed E-state index contributed by atoms with van der Waals surface area (Å²) in [4.78, 5) is 0. The molecule has 0 heteroatoms. The van der Waals surface area contributed by atoms with Crippen molar-refractivity contribution in [1.82, 2.24) is 0 Å². The Morgan fingerprint density at radius 1 is 0.151 bits per heavy atom. The number of fused-ring (bicyclic) bond motifs is 3. The maximum atomic E-state index is 2.45. The summed E-state index contributed by atoms with van der Waals surface area (Å²) in [6.45, 7) is 0. The Hall–Kier alpha value is -9.36. The van der Waals surface area contributed by atoms with Crippen molar-refractivity contribution in [3.8, 4) is 100 Å². The highest BCUT2D eigenvalue weighted by molar-refractivity contribution is 5.89. The number of benzene rings is 12. The lowest BCUT2D eigenvalue weighted by molar-refractivity contribution is 0.769. The molecule has 0 saturated heterocycles. The summed E-state index contributed by atoms with van der Waals surface area (Å²) in [6, 6.07) is 112. The first kappa shape index (κ1) is 43.6. The van der Waals surface area contributed by atoms with Gasteiger partial charge in [-0.25, -0.2) is 0 Å². The highest BCUT2D eigenvalue weighted by Crippen LogP contribution is 2.57. The lowest BCUT2D eigenvalue weighted by atomic mass is 9.67. The summed E-state index contributed by atoms with van der Waals surface area (Å²) >= 11 is 0. The summed E-state index contributed by atoms with van der Waals surface area (Å²) in [5.41, 5.74) is 26.1.